The van der Waals surface area contributed by atoms with Crippen molar-refractivity contribution in [2.45, 2.75) is 13.8 Å². The van der Waals surface area contributed by atoms with Gasteiger partial charge in [0.1, 0.15) is 0 Å². The number of nitrogens with zero attached hydrogens (tertiary/aromatic N) is 5. The Hall–Kier alpha value is -4.85. The molecule has 6 rings (SSSR count). The summed E-state index contributed by atoms with van der Waals surface area (Å²) in [5.41, 5.74) is 8.77. The molecule has 176 valence electrons. The fourth-order valence-corrected chi connectivity index (χ4v) is 4.15. The summed E-state index contributed by atoms with van der Waals surface area (Å²) in [5.74, 6) is 0.324. The molecular weight excluding hydrogens is 448 g/mol. The van der Waals surface area contributed by atoms with E-state index in [9.17, 15) is 0 Å². The number of H-pyrrole nitrogens is 2. The van der Waals surface area contributed by atoms with Crippen molar-refractivity contribution in [1.29, 1.82) is 0 Å². The van der Waals surface area contributed by atoms with E-state index in [1.807, 2.05) is 36.7 Å². The number of aromatic amines is 2. The molecule has 6 aromatic rings. The Balaban J connectivity index is 1.41. The second-order valence-electron chi connectivity index (χ2n) is 8.98. The van der Waals surface area contributed by atoms with Crippen molar-refractivity contribution in [3.05, 3.63) is 85.7 Å². The molecule has 8 nitrogen and oxygen atoms in total. The minimum absolute atomic E-state index is 0.324. The maximum atomic E-state index is 4.60. The van der Waals surface area contributed by atoms with Crippen LogP contribution in [0, 0.1) is 5.92 Å². The van der Waals surface area contributed by atoms with Gasteiger partial charge in [-0.05, 0) is 42.3 Å². The molecule has 6 aromatic heterocycles. The third kappa shape index (κ3) is 3.88. The number of anilines is 1. The monoisotopic (exact) mass is 472 g/mol. The molecule has 0 spiro atoms. The lowest BCUT2D eigenvalue weighted by molar-refractivity contribution is 0.778. The van der Waals surface area contributed by atoms with E-state index >= 15 is 0 Å². The first-order valence-corrected chi connectivity index (χ1v) is 11.7. The van der Waals surface area contributed by atoms with Gasteiger partial charge in [0.15, 0.2) is 5.65 Å². The van der Waals surface area contributed by atoms with Gasteiger partial charge in [-0.1, -0.05) is 26.5 Å². The van der Waals surface area contributed by atoms with Gasteiger partial charge in [0, 0.05) is 57.9 Å². The summed E-state index contributed by atoms with van der Waals surface area (Å²) in [7, 11) is 0. The van der Waals surface area contributed by atoms with Gasteiger partial charge in [-0.15, -0.1) is 0 Å². The summed E-state index contributed by atoms with van der Waals surface area (Å²) < 4.78 is 0. The van der Waals surface area contributed by atoms with E-state index < -0.39 is 0 Å². The first-order valence-electron chi connectivity index (χ1n) is 11.7. The molecule has 0 unspecified atom stereocenters. The van der Waals surface area contributed by atoms with Gasteiger partial charge in [0.25, 0.3) is 0 Å². The molecule has 0 radical (unpaired) electrons. The highest BCUT2D eigenvalue weighted by Gasteiger charge is 2.16. The van der Waals surface area contributed by atoms with E-state index in [-0.39, 0.29) is 0 Å². The third-order valence-corrected chi connectivity index (χ3v) is 6.21. The Kier molecular flexibility index (Phi) is 5.26. The molecule has 0 amide bonds. The molecular formula is C28H24N8. The number of fused-ring (bicyclic) bond motifs is 2. The number of nitrogens with one attached hydrogen (secondary N) is 3. The summed E-state index contributed by atoms with van der Waals surface area (Å²) in [4.78, 5) is 21.6. The maximum absolute atomic E-state index is 4.60. The minimum atomic E-state index is 0.324. The van der Waals surface area contributed by atoms with Crippen LogP contribution in [0.15, 0.2) is 85.7 Å². The first-order chi connectivity index (χ1) is 17.6. The molecule has 0 aliphatic heterocycles. The van der Waals surface area contributed by atoms with E-state index in [1.54, 1.807) is 18.6 Å². The first kappa shape index (κ1) is 21.7. The molecule has 0 saturated carbocycles. The van der Waals surface area contributed by atoms with Crippen LogP contribution in [-0.2, 0) is 0 Å². The second-order valence-corrected chi connectivity index (χ2v) is 8.98. The van der Waals surface area contributed by atoms with Crippen molar-refractivity contribution in [2.24, 2.45) is 5.92 Å². The quantitative estimate of drug-likeness (QED) is 0.266. The van der Waals surface area contributed by atoms with Gasteiger partial charge >= 0.3 is 0 Å². The molecule has 0 aliphatic carbocycles. The zero-order valence-corrected chi connectivity index (χ0v) is 19.9. The lowest BCUT2D eigenvalue weighted by atomic mass is 10.1. The summed E-state index contributed by atoms with van der Waals surface area (Å²) in [5, 5.41) is 12.8. The fourth-order valence-electron chi connectivity index (χ4n) is 4.15. The lowest BCUT2D eigenvalue weighted by Crippen LogP contribution is -2.04. The van der Waals surface area contributed by atoms with Crippen LogP contribution >= 0.6 is 0 Å². The third-order valence-electron chi connectivity index (χ3n) is 6.21. The molecule has 0 saturated heterocycles. The van der Waals surface area contributed by atoms with E-state index in [0.717, 1.165) is 61.6 Å². The summed E-state index contributed by atoms with van der Waals surface area (Å²) >= 11 is 0. The van der Waals surface area contributed by atoms with Crippen molar-refractivity contribution < 1.29 is 0 Å². The number of hydrogen-bond donors (Lipinski definition) is 3. The van der Waals surface area contributed by atoms with Crippen molar-refractivity contribution in [3.8, 4) is 33.9 Å². The van der Waals surface area contributed by atoms with E-state index in [4.69, 9.17) is 0 Å². The van der Waals surface area contributed by atoms with Gasteiger partial charge in [-0.2, -0.15) is 5.10 Å². The SMILES string of the molecule is C=C(Nc1cncc(-c2cnc3n[nH]c(-c4cc5c(-c6ccccn6)nccc5[nH]4)c3c2)c1)C(C)C. The Morgan fingerprint density at radius 1 is 0.917 bits per heavy atom. The standard InChI is InChI=1S/C28H24N8/c1-16(2)17(3)33-20-10-18(13-29-15-20)19-11-22-27(35-36-28(22)32-14-19)25-12-21-23(34-25)7-9-31-26(21)24-6-4-5-8-30-24/h4-16,33-34H,3H2,1-2H3,(H,32,35,36). The van der Waals surface area contributed by atoms with Gasteiger partial charge in [-0.25, -0.2) is 4.98 Å². The average molecular weight is 473 g/mol. The summed E-state index contributed by atoms with van der Waals surface area (Å²) in [6, 6.07) is 14.0. The summed E-state index contributed by atoms with van der Waals surface area (Å²) in [6.07, 6.45) is 9.01. The normalized spacial score (nSPS) is 11.4. The molecule has 3 N–H and O–H groups in total. The van der Waals surface area contributed by atoms with Gasteiger partial charge in [0.2, 0.25) is 0 Å². The second kappa shape index (κ2) is 8.74. The average Bonchev–Trinajstić information content (AvgIpc) is 3.53. The molecule has 0 aromatic carbocycles. The van der Waals surface area contributed by atoms with Crippen LogP contribution in [0.1, 0.15) is 13.8 Å². The van der Waals surface area contributed by atoms with E-state index in [1.165, 1.54) is 0 Å². The molecule has 0 fully saturated rings. The topological polar surface area (TPSA) is 108 Å². The Bertz CT molecular complexity index is 1710. The Labute approximate surface area is 207 Å². The van der Waals surface area contributed by atoms with Crippen LogP contribution < -0.4 is 5.32 Å². The van der Waals surface area contributed by atoms with Crippen LogP contribution in [0.25, 0.3) is 55.8 Å². The highest BCUT2D eigenvalue weighted by atomic mass is 15.2. The molecule has 8 heteroatoms. The van der Waals surface area contributed by atoms with E-state index in [0.29, 0.717) is 11.6 Å². The minimum Gasteiger partial charge on any atom is -0.358 e. The smallest absolute Gasteiger partial charge is 0.181 e. The van der Waals surface area contributed by atoms with Gasteiger partial charge in [0.05, 0.1) is 34.7 Å². The lowest BCUT2D eigenvalue weighted by Gasteiger charge is -2.13. The number of aromatic nitrogens is 7. The molecule has 0 aliphatic rings. The van der Waals surface area contributed by atoms with Crippen LogP contribution in [0.3, 0.4) is 0 Å². The Morgan fingerprint density at radius 2 is 1.81 bits per heavy atom. The fraction of sp³-hybridized carbons (Fsp3) is 0.107. The van der Waals surface area contributed by atoms with Crippen LogP contribution in [0.2, 0.25) is 0 Å². The zero-order valence-electron chi connectivity index (χ0n) is 19.9. The summed E-state index contributed by atoms with van der Waals surface area (Å²) in [6.45, 7) is 8.30. The predicted octanol–water partition coefficient (Wildman–Crippen LogP) is 6.21. The zero-order chi connectivity index (χ0) is 24.6. The van der Waals surface area contributed by atoms with Gasteiger partial charge < -0.3 is 10.3 Å². The largest absolute Gasteiger partial charge is 0.358 e. The van der Waals surface area contributed by atoms with Crippen molar-refractivity contribution in [3.63, 3.8) is 0 Å². The molecule has 0 atom stereocenters. The van der Waals surface area contributed by atoms with Crippen molar-refractivity contribution in [2.75, 3.05) is 5.32 Å². The highest BCUT2D eigenvalue weighted by Crippen LogP contribution is 2.33. The molecule has 36 heavy (non-hydrogen) atoms. The molecule has 0 bridgehead atoms. The Morgan fingerprint density at radius 3 is 2.64 bits per heavy atom. The van der Waals surface area contributed by atoms with Crippen LogP contribution in [0.5, 0.6) is 0 Å². The predicted molar refractivity (Wildman–Crippen MR) is 143 cm³/mol. The maximum Gasteiger partial charge on any atom is 0.181 e. The van der Waals surface area contributed by atoms with Crippen LogP contribution in [0.4, 0.5) is 5.69 Å². The van der Waals surface area contributed by atoms with Gasteiger partial charge in [-0.3, -0.25) is 20.1 Å². The number of allylic oxidation sites excluding steroid dienone is 1. The van der Waals surface area contributed by atoms with E-state index in [2.05, 4.69) is 79.1 Å². The van der Waals surface area contributed by atoms with Crippen LogP contribution in [-0.4, -0.2) is 35.1 Å². The number of hydrogen-bond acceptors (Lipinski definition) is 6. The number of pyridine rings is 4. The molecule has 6 heterocycles. The highest BCUT2D eigenvalue weighted by molar-refractivity contribution is 5.99. The number of rotatable bonds is 6. The van der Waals surface area contributed by atoms with Crippen molar-refractivity contribution >= 4 is 27.6 Å². The van der Waals surface area contributed by atoms with Crippen molar-refractivity contribution in [1.82, 2.24) is 35.1 Å².